The molecule has 76 valence electrons. The Kier molecular flexibility index (Phi) is 4.38. The smallest absolute Gasteiger partial charge is 0.254 e. The second kappa shape index (κ2) is 5.34. The molecule has 2 nitrogen and oxygen atoms in total. The predicted molar refractivity (Wildman–Crippen MR) is 66.4 cm³/mol. The van der Waals surface area contributed by atoms with E-state index in [1.54, 1.807) is 4.90 Å². The molecule has 1 amide bonds. The SMILES string of the molecule is CCCN(C)C(=O)c1ccccc1I. The van der Waals surface area contributed by atoms with E-state index in [1.165, 1.54) is 0 Å². The van der Waals surface area contributed by atoms with Crippen molar-refractivity contribution in [3.05, 3.63) is 33.4 Å². The van der Waals surface area contributed by atoms with Gasteiger partial charge in [0.2, 0.25) is 0 Å². The van der Waals surface area contributed by atoms with E-state index in [0.717, 1.165) is 22.1 Å². The van der Waals surface area contributed by atoms with Gasteiger partial charge in [-0.3, -0.25) is 4.79 Å². The van der Waals surface area contributed by atoms with Gasteiger partial charge < -0.3 is 4.90 Å². The fourth-order valence-electron chi connectivity index (χ4n) is 1.28. The summed E-state index contributed by atoms with van der Waals surface area (Å²) in [5.41, 5.74) is 0.795. The molecule has 0 bridgehead atoms. The maximum absolute atomic E-state index is 11.9. The molecule has 0 aliphatic heterocycles. The Bertz CT molecular complexity index is 325. The summed E-state index contributed by atoms with van der Waals surface area (Å²) in [6, 6.07) is 7.66. The van der Waals surface area contributed by atoms with Crippen LogP contribution in [0.25, 0.3) is 0 Å². The zero-order chi connectivity index (χ0) is 10.6. The van der Waals surface area contributed by atoms with Crippen LogP contribution in [0.15, 0.2) is 24.3 Å². The van der Waals surface area contributed by atoms with E-state index in [9.17, 15) is 4.79 Å². The number of rotatable bonds is 3. The third-order valence-electron chi connectivity index (χ3n) is 2.01. The molecule has 1 aromatic rings. The van der Waals surface area contributed by atoms with Crippen LogP contribution in [-0.4, -0.2) is 24.4 Å². The van der Waals surface area contributed by atoms with E-state index in [-0.39, 0.29) is 5.91 Å². The molecule has 1 rings (SSSR count). The van der Waals surface area contributed by atoms with Gasteiger partial charge in [0.15, 0.2) is 0 Å². The molecule has 0 aliphatic rings. The van der Waals surface area contributed by atoms with E-state index < -0.39 is 0 Å². The lowest BCUT2D eigenvalue weighted by molar-refractivity contribution is 0.0794. The fraction of sp³-hybridized carbons (Fsp3) is 0.364. The van der Waals surface area contributed by atoms with Gasteiger partial charge in [0.05, 0.1) is 5.56 Å². The number of carbonyl (C=O) groups is 1. The Labute approximate surface area is 98.4 Å². The van der Waals surface area contributed by atoms with Gasteiger partial charge in [-0.2, -0.15) is 0 Å². The van der Waals surface area contributed by atoms with E-state index in [4.69, 9.17) is 0 Å². The quantitative estimate of drug-likeness (QED) is 0.786. The number of hydrogen-bond donors (Lipinski definition) is 0. The highest BCUT2D eigenvalue weighted by Gasteiger charge is 2.12. The second-order valence-corrected chi connectivity index (χ2v) is 4.37. The third kappa shape index (κ3) is 2.70. The Morgan fingerprint density at radius 2 is 2.07 bits per heavy atom. The largest absolute Gasteiger partial charge is 0.342 e. The van der Waals surface area contributed by atoms with Gasteiger partial charge in [-0.05, 0) is 41.1 Å². The zero-order valence-corrected chi connectivity index (χ0v) is 10.6. The molecule has 0 fully saturated rings. The summed E-state index contributed by atoms with van der Waals surface area (Å²) in [6.07, 6.45) is 0.992. The molecular weight excluding hydrogens is 289 g/mol. The van der Waals surface area contributed by atoms with Crippen molar-refractivity contribution in [3.63, 3.8) is 0 Å². The van der Waals surface area contributed by atoms with Crippen LogP contribution >= 0.6 is 22.6 Å². The summed E-state index contributed by atoms with van der Waals surface area (Å²) in [7, 11) is 1.84. The first-order valence-corrected chi connectivity index (χ1v) is 5.74. The molecular formula is C11H14INO. The van der Waals surface area contributed by atoms with Crippen molar-refractivity contribution in [2.45, 2.75) is 13.3 Å². The number of amides is 1. The molecule has 0 saturated carbocycles. The predicted octanol–water partition coefficient (Wildman–Crippen LogP) is 2.77. The molecule has 0 aliphatic carbocycles. The molecule has 0 saturated heterocycles. The van der Waals surface area contributed by atoms with Crippen LogP contribution in [0.1, 0.15) is 23.7 Å². The monoisotopic (exact) mass is 303 g/mol. The fourth-order valence-corrected chi connectivity index (χ4v) is 1.90. The molecule has 0 N–H and O–H groups in total. The lowest BCUT2D eigenvalue weighted by Crippen LogP contribution is -2.27. The van der Waals surface area contributed by atoms with E-state index in [0.29, 0.717) is 0 Å². The first kappa shape index (κ1) is 11.5. The number of nitrogens with zero attached hydrogens (tertiary/aromatic N) is 1. The zero-order valence-electron chi connectivity index (χ0n) is 8.46. The molecule has 14 heavy (non-hydrogen) atoms. The van der Waals surface area contributed by atoms with Gasteiger partial charge >= 0.3 is 0 Å². The molecule has 3 heteroatoms. The highest BCUT2D eigenvalue weighted by Crippen LogP contribution is 2.13. The number of halogens is 1. The van der Waals surface area contributed by atoms with Crippen LogP contribution in [0, 0.1) is 3.57 Å². The first-order chi connectivity index (χ1) is 6.66. The summed E-state index contributed by atoms with van der Waals surface area (Å²) in [4.78, 5) is 13.6. The summed E-state index contributed by atoms with van der Waals surface area (Å²) in [5.74, 6) is 0.108. The van der Waals surface area contributed by atoms with Crippen LogP contribution in [0.5, 0.6) is 0 Å². The van der Waals surface area contributed by atoms with Crippen LogP contribution in [0.2, 0.25) is 0 Å². The maximum Gasteiger partial charge on any atom is 0.254 e. The minimum atomic E-state index is 0.108. The van der Waals surface area contributed by atoms with Crippen molar-refractivity contribution >= 4 is 28.5 Å². The normalized spacial score (nSPS) is 9.93. The number of carbonyl (C=O) groups excluding carboxylic acids is 1. The van der Waals surface area contributed by atoms with Crippen molar-refractivity contribution in [1.29, 1.82) is 0 Å². The van der Waals surface area contributed by atoms with Crippen LogP contribution in [0.4, 0.5) is 0 Å². The second-order valence-electron chi connectivity index (χ2n) is 3.21. The van der Waals surface area contributed by atoms with E-state index >= 15 is 0 Å². The number of hydrogen-bond acceptors (Lipinski definition) is 1. The molecule has 0 heterocycles. The van der Waals surface area contributed by atoms with Crippen molar-refractivity contribution in [3.8, 4) is 0 Å². The Hall–Kier alpha value is -0.580. The molecule has 0 spiro atoms. The maximum atomic E-state index is 11.9. The van der Waals surface area contributed by atoms with Crippen LogP contribution in [0.3, 0.4) is 0 Å². The highest BCUT2D eigenvalue weighted by atomic mass is 127. The van der Waals surface area contributed by atoms with Crippen molar-refractivity contribution < 1.29 is 4.79 Å². The van der Waals surface area contributed by atoms with E-state index in [1.807, 2.05) is 31.3 Å². The van der Waals surface area contributed by atoms with Crippen molar-refractivity contribution in [2.24, 2.45) is 0 Å². The lowest BCUT2D eigenvalue weighted by Gasteiger charge is -2.16. The summed E-state index contributed by atoms with van der Waals surface area (Å²) in [6.45, 7) is 2.88. The standard InChI is InChI=1S/C11H14INO/c1-3-8-13(2)11(14)9-6-4-5-7-10(9)12/h4-7H,3,8H2,1-2H3. The molecule has 0 unspecified atom stereocenters. The minimum absolute atomic E-state index is 0.108. The van der Waals surface area contributed by atoms with E-state index in [2.05, 4.69) is 29.5 Å². The lowest BCUT2D eigenvalue weighted by atomic mass is 10.2. The van der Waals surface area contributed by atoms with Crippen molar-refractivity contribution in [2.75, 3.05) is 13.6 Å². The average molecular weight is 303 g/mol. The summed E-state index contributed by atoms with van der Waals surface area (Å²) in [5, 5.41) is 0. The van der Waals surface area contributed by atoms with Crippen LogP contribution in [-0.2, 0) is 0 Å². The molecule has 0 radical (unpaired) electrons. The Morgan fingerprint density at radius 3 is 2.64 bits per heavy atom. The summed E-state index contributed by atoms with van der Waals surface area (Å²) >= 11 is 2.19. The van der Waals surface area contributed by atoms with Gasteiger partial charge in [-0.1, -0.05) is 19.1 Å². The molecule has 0 aromatic heterocycles. The van der Waals surface area contributed by atoms with Gasteiger partial charge in [-0.25, -0.2) is 0 Å². The molecule has 0 atom stereocenters. The first-order valence-electron chi connectivity index (χ1n) is 4.66. The Morgan fingerprint density at radius 1 is 1.43 bits per heavy atom. The minimum Gasteiger partial charge on any atom is -0.342 e. The average Bonchev–Trinajstić information content (AvgIpc) is 2.18. The highest BCUT2D eigenvalue weighted by molar-refractivity contribution is 14.1. The van der Waals surface area contributed by atoms with Gasteiger partial charge in [0.1, 0.15) is 0 Å². The third-order valence-corrected chi connectivity index (χ3v) is 2.95. The van der Waals surface area contributed by atoms with Gasteiger partial charge in [0.25, 0.3) is 5.91 Å². The van der Waals surface area contributed by atoms with Gasteiger partial charge in [-0.15, -0.1) is 0 Å². The Balaban J connectivity index is 2.84. The topological polar surface area (TPSA) is 20.3 Å². The van der Waals surface area contributed by atoms with Crippen molar-refractivity contribution in [1.82, 2.24) is 4.90 Å². The number of benzene rings is 1. The summed E-state index contributed by atoms with van der Waals surface area (Å²) < 4.78 is 1.01. The van der Waals surface area contributed by atoms with Crippen LogP contribution < -0.4 is 0 Å². The molecule has 1 aromatic carbocycles. The van der Waals surface area contributed by atoms with Gasteiger partial charge in [0, 0.05) is 17.2 Å².